The minimum atomic E-state index is -1.53. The van der Waals surface area contributed by atoms with Gasteiger partial charge in [-0.2, -0.15) is 0 Å². The van der Waals surface area contributed by atoms with Crippen LogP contribution in [-0.2, 0) is 9.59 Å². The maximum Gasteiger partial charge on any atom is 0.261 e. The third-order valence-corrected chi connectivity index (χ3v) is 2.48. The zero-order chi connectivity index (χ0) is 9.35. The van der Waals surface area contributed by atoms with Crippen LogP contribution in [0.2, 0.25) is 0 Å². The van der Waals surface area contributed by atoms with E-state index in [1.807, 2.05) is 12.2 Å². The molecule has 4 heteroatoms. The molecule has 0 aromatic heterocycles. The van der Waals surface area contributed by atoms with Gasteiger partial charge in [-0.1, -0.05) is 13.8 Å². The first-order valence-corrected chi connectivity index (χ1v) is 3.99. The molecular formula is C8H12FNO2. The van der Waals surface area contributed by atoms with Crippen molar-refractivity contribution in [3.63, 3.8) is 0 Å². The average molecular weight is 173 g/mol. The molecule has 0 bridgehead atoms. The minimum absolute atomic E-state index is 0.00810. The normalized spacial score (nSPS) is 36.4. The maximum absolute atomic E-state index is 12.9. The number of hydrogen-bond acceptors (Lipinski definition) is 2. The molecule has 2 amide bonds. The zero-order valence-electron chi connectivity index (χ0n) is 7.19. The molecule has 0 aromatic carbocycles. The van der Waals surface area contributed by atoms with Gasteiger partial charge in [0.1, 0.15) is 0 Å². The number of nitrogens with one attached hydrogen (secondary N) is 1. The number of carbonyl (C=O) groups is 2. The van der Waals surface area contributed by atoms with Crippen LogP contribution in [0.4, 0.5) is 4.39 Å². The van der Waals surface area contributed by atoms with Crippen molar-refractivity contribution >= 4 is 11.8 Å². The fraction of sp³-hybridized carbons (Fsp3) is 0.750. The summed E-state index contributed by atoms with van der Waals surface area (Å²) in [4.78, 5) is 21.9. The first kappa shape index (κ1) is 9.16. The molecule has 0 aliphatic carbocycles. The maximum atomic E-state index is 12.9. The Labute approximate surface area is 70.3 Å². The number of alkyl halides is 1. The zero-order valence-corrected chi connectivity index (χ0v) is 7.19. The van der Waals surface area contributed by atoms with Gasteiger partial charge < -0.3 is 0 Å². The monoisotopic (exact) mass is 173 g/mol. The van der Waals surface area contributed by atoms with Gasteiger partial charge in [0.05, 0.1) is 0 Å². The van der Waals surface area contributed by atoms with Crippen molar-refractivity contribution in [1.82, 2.24) is 5.32 Å². The molecule has 2 unspecified atom stereocenters. The van der Waals surface area contributed by atoms with E-state index in [-0.39, 0.29) is 12.3 Å². The van der Waals surface area contributed by atoms with E-state index >= 15 is 0 Å². The molecule has 1 aliphatic rings. The number of amides is 2. The van der Waals surface area contributed by atoms with Crippen molar-refractivity contribution in [1.29, 1.82) is 0 Å². The predicted molar refractivity (Wildman–Crippen MR) is 41.1 cm³/mol. The van der Waals surface area contributed by atoms with Crippen LogP contribution in [0.5, 0.6) is 0 Å². The fourth-order valence-electron chi connectivity index (χ4n) is 1.23. The molecule has 0 spiro atoms. The lowest BCUT2D eigenvalue weighted by Gasteiger charge is -2.32. The third kappa shape index (κ3) is 1.33. The molecule has 2 atom stereocenters. The van der Waals surface area contributed by atoms with Crippen molar-refractivity contribution in [2.75, 3.05) is 0 Å². The Kier molecular flexibility index (Phi) is 2.17. The molecule has 12 heavy (non-hydrogen) atoms. The van der Waals surface area contributed by atoms with Crippen molar-refractivity contribution < 1.29 is 14.0 Å². The SMILES string of the molecule is CCC1(C)CC(F)C(=O)NC1=O. The molecule has 68 valence electrons. The van der Waals surface area contributed by atoms with Gasteiger partial charge >= 0.3 is 0 Å². The fourth-order valence-corrected chi connectivity index (χ4v) is 1.23. The summed E-state index contributed by atoms with van der Waals surface area (Å²) in [5.41, 5.74) is -0.715. The van der Waals surface area contributed by atoms with Crippen LogP contribution in [0.3, 0.4) is 0 Å². The van der Waals surface area contributed by atoms with Crippen LogP contribution in [-0.4, -0.2) is 18.0 Å². The standard InChI is InChI=1S/C8H12FNO2/c1-3-8(2)4-5(9)6(11)10-7(8)12/h5H,3-4H2,1-2H3,(H,10,11,12). The number of piperidine rings is 1. The summed E-state index contributed by atoms with van der Waals surface area (Å²) in [5.74, 6) is -1.16. The summed E-state index contributed by atoms with van der Waals surface area (Å²) >= 11 is 0. The summed E-state index contributed by atoms with van der Waals surface area (Å²) in [7, 11) is 0. The molecule has 1 heterocycles. The first-order valence-electron chi connectivity index (χ1n) is 3.99. The van der Waals surface area contributed by atoms with Gasteiger partial charge in [-0.15, -0.1) is 0 Å². The quantitative estimate of drug-likeness (QED) is 0.596. The van der Waals surface area contributed by atoms with E-state index < -0.39 is 17.5 Å². The summed E-state index contributed by atoms with van der Waals surface area (Å²) in [6.07, 6.45) is -0.978. The second-order valence-electron chi connectivity index (χ2n) is 3.40. The number of imide groups is 1. The second-order valence-corrected chi connectivity index (χ2v) is 3.40. The lowest BCUT2D eigenvalue weighted by Crippen LogP contribution is -2.52. The predicted octanol–water partition coefficient (Wildman–Crippen LogP) is 0.787. The Balaban J connectivity index is 2.81. The molecule has 3 nitrogen and oxygen atoms in total. The highest BCUT2D eigenvalue weighted by atomic mass is 19.1. The van der Waals surface area contributed by atoms with Crippen LogP contribution in [0.25, 0.3) is 0 Å². The Morgan fingerprint density at radius 1 is 1.67 bits per heavy atom. The van der Waals surface area contributed by atoms with Gasteiger partial charge in [0.25, 0.3) is 5.91 Å². The van der Waals surface area contributed by atoms with Gasteiger partial charge in [0, 0.05) is 11.8 Å². The lowest BCUT2D eigenvalue weighted by molar-refractivity contribution is -0.145. The molecular weight excluding hydrogens is 161 g/mol. The van der Waals surface area contributed by atoms with Crippen molar-refractivity contribution in [3.05, 3.63) is 0 Å². The van der Waals surface area contributed by atoms with Crippen LogP contribution in [0.15, 0.2) is 0 Å². The highest BCUT2D eigenvalue weighted by Crippen LogP contribution is 2.31. The summed E-state index contributed by atoms with van der Waals surface area (Å²) in [6, 6.07) is 0. The molecule has 0 saturated carbocycles. The van der Waals surface area contributed by atoms with Gasteiger partial charge in [-0.25, -0.2) is 4.39 Å². The van der Waals surface area contributed by atoms with E-state index in [0.717, 1.165) is 0 Å². The van der Waals surface area contributed by atoms with E-state index in [4.69, 9.17) is 0 Å². The molecule has 0 radical (unpaired) electrons. The van der Waals surface area contributed by atoms with Crippen LogP contribution < -0.4 is 5.32 Å². The van der Waals surface area contributed by atoms with Gasteiger partial charge in [0.2, 0.25) is 5.91 Å². The number of halogens is 1. The minimum Gasteiger partial charge on any atom is -0.293 e. The largest absolute Gasteiger partial charge is 0.293 e. The summed E-state index contributed by atoms with van der Waals surface area (Å²) < 4.78 is 12.9. The van der Waals surface area contributed by atoms with Gasteiger partial charge in [-0.05, 0) is 6.42 Å². The topological polar surface area (TPSA) is 46.2 Å². The Bertz CT molecular complexity index is 229. The van der Waals surface area contributed by atoms with E-state index in [0.29, 0.717) is 6.42 Å². The molecule has 1 rings (SSSR count). The highest BCUT2D eigenvalue weighted by molar-refractivity contribution is 6.02. The average Bonchev–Trinajstić information content (AvgIpc) is 2.01. The van der Waals surface area contributed by atoms with Gasteiger partial charge in [-0.3, -0.25) is 14.9 Å². The number of carbonyl (C=O) groups excluding carboxylic acids is 2. The molecule has 1 N–H and O–H groups in total. The number of rotatable bonds is 1. The van der Waals surface area contributed by atoms with Crippen molar-refractivity contribution in [2.24, 2.45) is 5.41 Å². The van der Waals surface area contributed by atoms with Crippen LogP contribution >= 0.6 is 0 Å². The number of hydrogen-bond donors (Lipinski definition) is 1. The van der Waals surface area contributed by atoms with Crippen molar-refractivity contribution in [2.45, 2.75) is 32.9 Å². The van der Waals surface area contributed by atoms with E-state index in [1.54, 1.807) is 6.92 Å². The van der Waals surface area contributed by atoms with Crippen molar-refractivity contribution in [3.8, 4) is 0 Å². The smallest absolute Gasteiger partial charge is 0.261 e. The summed E-state index contributed by atoms with van der Waals surface area (Å²) in [5, 5.41) is 2.02. The first-order chi connectivity index (χ1) is 5.49. The Morgan fingerprint density at radius 2 is 2.25 bits per heavy atom. The van der Waals surface area contributed by atoms with Gasteiger partial charge in [0.15, 0.2) is 6.17 Å². The van der Waals surface area contributed by atoms with E-state index in [1.165, 1.54) is 0 Å². The van der Waals surface area contributed by atoms with Crippen LogP contribution in [0.1, 0.15) is 26.7 Å². The van der Waals surface area contributed by atoms with E-state index in [9.17, 15) is 14.0 Å². The molecule has 1 saturated heterocycles. The third-order valence-electron chi connectivity index (χ3n) is 2.48. The second kappa shape index (κ2) is 2.84. The summed E-state index contributed by atoms with van der Waals surface area (Å²) in [6.45, 7) is 3.48. The molecule has 1 aliphatic heterocycles. The molecule has 1 fully saturated rings. The van der Waals surface area contributed by atoms with Crippen LogP contribution in [0, 0.1) is 5.41 Å². The van der Waals surface area contributed by atoms with E-state index in [2.05, 4.69) is 0 Å². The Hall–Kier alpha value is -0.930. The highest BCUT2D eigenvalue weighted by Gasteiger charge is 2.42. The Morgan fingerprint density at radius 3 is 2.75 bits per heavy atom. The lowest BCUT2D eigenvalue weighted by atomic mass is 9.79. The molecule has 0 aromatic rings.